The summed E-state index contributed by atoms with van der Waals surface area (Å²) in [5.41, 5.74) is 1.46. The Bertz CT molecular complexity index is 1590. The van der Waals surface area contributed by atoms with Crippen LogP contribution in [0.2, 0.25) is 0 Å². The van der Waals surface area contributed by atoms with E-state index in [1.54, 1.807) is 57.4 Å². The molecule has 1 aromatic heterocycles. The molecule has 4 rings (SSSR count). The lowest BCUT2D eigenvalue weighted by Gasteiger charge is -2.25. The molecule has 11 heteroatoms. The van der Waals surface area contributed by atoms with Crippen LogP contribution in [0.15, 0.2) is 60.3 Å². The van der Waals surface area contributed by atoms with Gasteiger partial charge >= 0.3 is 5.97 Å². The van der Waals surface area contributed by atoms with Crippen LogP contribution in [-0.2, 0) is 9.53 Å². The number of ether oxygens (including phenoxy) is 3. The molecular weight excluding hydrogens is 628 g/mol. The van der Waals surface area contributed by atoms with Crippen LogP contribution in [0, 0.1) is 0 Å². The molecule has 3 aromatic rings. The standard InChI is InChI=1S/C26H24Br2N2O6S/c1-5-35-19-10-14(7-8-18(19)34-4)22-21(25(33)36-6-2)13(3)29-26-30(22)24(32)20(37-26)11-15-9-16(27)12-17(28)23(15)31/h7-12,22,31H,5-6H2,1-4H3/b20-11-/t22-/m1/s1. The monoisotopic (exact) mass is 650 g/mol. The summed E-state index contributed by atoms with van der Waals surface area (Å²) in [7, 11) is 1.55. The minimum Gasteiger partial charge on any atom is -0.506 e. The number of carbonyl (C=O) groups excluding carboxylic acids is 1. The molecule has 8 nitrogen and oxygen atoms in total. The molecule has 0 saturated heterocycles. The van der Waals surface area contributed by atoms with Crippen molar-refractivity contribution < 1.29 is 24.1 Å². The first kappa shape index (κ1) is 27.2. The van der Waals surface area contributed by atoms with Crippen molar-refractivity contribution in [3.8, 4) is 17.2 Å². The van der Waals surface area contributed by atoms with E-state index in [0.717, 1.165) is 4.47 Å². The number of fused-ring (bicyclic) bond motifs is 1. The predicted molar refractivity (Wildman–Crippen MR) is 148 cm³/mol. The molecule has 0 fully saturated rings. The zero-order chi connectivity index (χ0) is 26.9. The number of esters is 1. The van der Waals surface area contributed by atoms with Gasteiger partial charge in [0.15, 0.2) is 16.3 Å². The third kappa shape index (κ3) is 5.25. The Morgan fingerprint density at radius 3 is 2.62 bits per heavy atom. The quantitative estimate of drug-likeness (QED) is 0.380. The van der Waals surface area contributed by atoms with Gasteiger partial charge in [-0.15, -0.1) is 0 Å². The molecule has 0 radical (unpaired) electrons. The third-order valence-corrected chi connectivity index (χ3v) is 7.71. The van der Waals surface area contributed by atoms with Gasteiger partial charge < -0.3 is 19.3 Å². The summed E-state index contributed by atoms with van der Waals surface area (Å²) in [4.78, 5) is 31.9. The third-order valence-electron chi connectivity index (χ3n) is 5.66. The molecule has 194 valence electrons. The van der Waals surface area contributed by atoms with Gasteiger partial charge in [-0.25, -0.2) is 9.79 Å². The fourth-order valence-corrected chi connectivity index (χ4v) is 6.37. The largest absolute Gasteiger partial charge is 0.506 e. The highest BCUT2D eigenvalue weighted by atomic mass is 79.9. The van der Waals surface area contributed by atoms with Gasteiger partial charge in [-0.2, -0.15) is 0 Å². The average molecular weight is 652 g/mol. The van der Waals surface area contributed by atoms with E-state index in [9.17, 15) is 14.7 Å². The number of phenols is 1. The Labute approximate surface area is 233 Å². The number of thiazole rings is 1. The molecule has 0 saturated carbocycles. The van der Waals surface area contributed by atoms with E-state index in [-0.39, 0.29) is 23.5 Å². The predicted octanol–water partition coefficient (Wildman–Crippen LogP) is 4.44. The maximum atomic E-state index is 13.8. The Balaban J connectivity index is 1.99. The smallest absolute Gasteiger partial charge is 0.338 e. The van der Waals surface area contributed by atoms with E-state index in [1.165, 1.54) is 15.9 Å². The second kappa shape index (κ2) is 11.2. The van der Waals surface area contributed by atoms with Crippen LogP contribution < -0.4 is 24.4 Å². The van der Waals surface area contributed by atoms with Gasteiger partial charge in [-0.3, -0.25) is 9.36 Å². The van der Waals surface area contributed by atoms with Crippen LogP contribution >= 0.6 is 43.2 Å². The number of nitrogens with zero attached hydrogens (tertiary/aromatic N) is 2. The van der Waals surface area contributed by atoms with Crippen molar-refractivity contribution in [3.05, 3.63) is 81.4 Å². The van der Waals surface area contributed by atoms with Crippen LogP contribution in [0.3, 0.4) is 0 Å². The number of phenolic OH excluding ortho intramolecular Hbond substituents is 1. The second-order valence-electron chi connectivity index (χ2n) is 7.97. The van der Waals surface area contributed by atoms with Crippen LogP contribution in [0.1, 0.15) is 37.9 Å². The Morgan fingerprint density at radius 2 is 1.95 bits per heavy atom. The topological polar surface area (TPSA) is 99.4 Å². The number of aromatic hydroxyl groups is 1. The van der Waals surface area contributed by atoms with E-state index in [2.05, 4.69) is 36.9 Å². The molecule has 2 aromatic carbocycles. The van der Waals surface area contributed by atoms with Crippen molar-refractivity contribution in [2.24, 2.45) is 4.99 Å². The van der Waals surface area contributed by atoms with E-state index in [4.69, 9.17) is 14.2 Å². The van der Waals surface area contributed by atoms with Crippen molar-refractivity contribution in [1.82, 2.24) is 4.57 Å². The molecule has 37 heavy (non-hydrogen) atoms. The number of methoxy groups -OCH3 is 1. The van der Waals surface area contributed by atoms with Crippen LogP contribution in [-0.4, -0.2) is 36.0 Å². The number of benzene rings is 2. The summed E-state index contributed by atoms with van der Waals surface area (Å²) in [6, 6.07) is 7.92. The highest BCUT2D eigenvalue weighted by molar-refractivity contribution is 9.11. The van der Waals surface area contributed by atoms with Gasteiger partial charge in [0, 0.05) is 10.0 Å². The second-order valence-corrected chi connectivity index (χ2v) is 10.8. The number of halogens is 2. The van der Waals surface area contributed by atoms with Gasteiger partial charge in [-0.1, -0.05) is 33.3 Å². The molecule has 0 amide bonds. The van der Waals surface area contributed by atoms with Gasteiger partial charge in [0.2, 0.25) is 0 Å². The van der Waals surface area contributed by atoms with Crippen LogP contribution in [0.5, 0.6) is 17.2 Å². The first-order valence-corrected chi connectivity index (χ1v) is 13.8. The van der Waals surface area contributed by atoms with Crippen molar-refractivity contribution in [1.29, 1.82) is 0 Å². The van der Waals surface area contributed by atoms with Crippen molar-refractivity contribution >= 4 is 55.2 Å². The van der Waals surface area contributed by atoms with Crippen molar-refractivity contribution in [2.75, 3.05) is 20.3 Å². The molecule has 0 unspecified atom stereocenters. The summed E-state index contributed by atoms with van der Waals surface area (Å²) in [5.74, 6) is 0.481. The molecule has 1 aliphatic rings. The first-order valence-electron chi connectivity index (χ1n) is 11.4. The Kier molecular flexibility index (Phi) is 8.25. The molecule has 0 spiro atoms. The van der Waals surface area contributed by atoms with Gasteiger partial charge in [-0.05, 0) is 72.6 Å². The highest BCUT2D eigenvalue weighted by Crippen LogP contribution is 2.36. The number of hydrogen-bond donors (Lipinski definition) is 1. The summed E-state index contributed by atoms with van der Waals surface area (Å²) in [5, 5.41) is 10.5. The summed E-state index contributed by atoms with van der Waals surface area (Å²) < 4.78 is 19.6. The summed E-state index contributed by atoms with van der Waals surface area (Å²) >= 11 is 7.91. The van der Waals surface area contributed by atoms with E-state index in [0.29, 0.717) is 48.7 Å². The zero-order valence-corrected chi connectivity index (χ0v) is 24.5. The normalized spacial score (nSPS) is 15.3. The van der Waals surface area contributed by atoms with Crippen LogP contribution in [0.4, 0.5) is 0 Å². The van der Waals surface area contributed by atoms with E-state index in [1.807, 2.05) is 6.92 Å². The molecule has 1 N–H and O–H groups in total. The number of aromatic nitrogens is 1. The van der Waals surface area contributed by atoms with E-state index < -0.39 is 12.0 Å². The molecular formula is C26H24Br2N2O6S. The molecule has 2 heterocycles. The van der Waals surface area contributed by atoms with Gasteiger partial charge in [0.25, 0.3) is 5.56 Å². The summed E-state index contributed by atoms with van der Waals surface area (Å²) in [6.45, 7) is 5.89. The number of rotatable bonds is 7. The first-order chi connectivity index (χ1) is 17.7. The van der Waals surface area contributed by atoms with Gasteiger partial charge in [0.1, 0.15) is 5.75 Å². The highest BCUT2D eigenvalue weighted by Gasteiger charge is 2.34. The summed E-state index contributed by atoms with van der Waals surface area (Å²) in [6.07, 6.45) is 1.61. The lowest BCUT2D eigenvalue weighted by atomic mass is 9.95. The van der Waals surface area contributed by atoms with Crippen LogP contribution in [0.25, 0.3) is 6.08 Å². The fourth-order valence-electron chi connectivity index (χ4n) is 4.08. The van der Waals surface area contributed by atoms with Gasteiger partial charge in [0.05, 0.1) is 46.6 Å². The number of allylic oxidation sites excluding steroid dienone is 1. The van der Waals surface area contributed by atoms with E-state index >= 15 is 0 Å². The lowest BCUT2D eigenvalue weighted by molar-refractivity contribution is -0.139. The minimum atomic E-state index is -0.801. The molecule has 0 bridgehead atoms. The fraction of sp³-hybridized carbons (Fsp3) is 0.269. The molecule has 0 aliphatic carbocycles. The van der Waals surface area contributed by atoms with Crippen molar-refractivity contribution in [3.63, 3.8) is 0 Å². The molecule has 1 aliphatic heterocycles. The maximum absolute atomic E-state index is 13.8. The molecule has 1 atom stereocenters. The zero-order valence-electron chi connectivity index (χ0n) is 20.5. The SMILES string of the molecule is CCOC(=O)C1=C(C)N=c2s/c(=C\c3cc(Br)cc(Br)c3O)c(=O)n2[C@@H]1c1ccc(OC)c(OCC)c1. The minimum absolute atomic E-state index is 0.00508. The Hall–Kier alpha value is -2.89. The number of hydrogen-bond acceptors (Lipinski definition) is 8. The lowest BCUT2D eigenvalue weighted by Crippen LogP contribution is -2.40. The Morgan fingerprint density at radius 1 is 1.19 bits per heavy atom. The maximum Gasteiger partial charge on any atom is 0.338 e. The van der Waals surface area contributed by atoms with Crippen molar-refractivity contribution in [2.45, 2.75) is 26.8 Å². The number of carbonyl (C=O) groups is 1. The average Bonchev–Trinajstić information content (AvgIpc) is 3.15.